The van der Waals surface area contributed by atoms with E-state index < -0.39 is 10.0 Å². The van der Waals surface area contributed by atoms with Crippen LogP contribution in [0, 0.1) is 13.8 Å². The van der Waals surface area contributed by atoms with E-state index in [-0.39, 0.29) is 30.6 Å². The topological polar surface area (TPSA) is 84.9 Å². The van der Waals surface area contributed by atoms with Gasteiger partial charge in [0.05, 0.1) is 4.90 Å². The number of nitrogens with one attached hydrogen (secondary N) is 1. The first-order valence-corrected chi connectivity index (χ1v) is 11.0. The monoisotopic (exact) mass is 418 g/mol. The van der Waals surface area contributed by atoms with Crippen molar-refractivity contribution in [3.8, 4) is 11.5 Å². The number of hydrogen-bond acceptors (Lipinski definition) is 5. The average molecular weight is 419 g/mol. The smallest absolute Gasteiger partial charge is 0.240 e. The molecular weight excluding hydrogens is 392 g/mol. The van der Waals surface area contributed by atoms with Gasteiger partial charge in [-0.3, -0.25) is 4.79 Å². The van der Waals surface area contributed by atoms with Crippen LogP contribution >= 0.6 is 0 Å². The number of rotatable bonds is 8. The van der Waals surface area contributed by atoms with Gasteiger partial charge in [0.1, 0.15) is 0 Å². The summed E-state index contributed by atoms with van der Waals surface area (Å²) in [7, 11) is -3.65. The van der Waals surface area contributed by atoms with Gasteiger partial charge in [-0.05, 0) is 50.1 Å². The van der Waals surface area contributed by atoms with Gasteiger partial charge in [0.15, 0.2) is 11.5 Å². The number of amides is 1. The zero-order chi connectivity index (χ0) is 21.0. The van der Waals surface area contributed by atoms with Crippen LogP contribution in [0.4, 0.5) is 0 Å². The fourth-order valence-corrected chi connectivity index (χ4v) is 4.52. The Bertz CT molecular complexity index is 1000. The molecule has 0 aromatic heterocycles. The SMILES string of the molecule is CCN(Cc1ccc2c(c1)OCO2)C(=O)CCNS(=O)(=O)c1ccc(C)cc1C. The van der Waals surface area contributed by atoms with Gasteiger partial charge in [0.25, 0.3) is 0 Å². The third-order valence-electron chi connectivity index (χ3n) is 4.80. The number of sulfonamides is 1. The van der Waals surface area contributed by atoms with Crippen LogP contribution < -0.4 is 14.2 Å². The molecule has 1 aliphatic heterocycles. The Morgan fingerprint density at radius 2 is 1.86 bits per heavy atom. The highest BCUT2D eigenvalue weighted by Crippen LogP contribution is 2.32. The maximum absolute atomic E-state index is 12.6. The molecule has 0 spiro atoms. The number of nitrogens with zero attached hydrogens (tertiary/aromatic N) is 1. The summed E-state index contributed by atoms with van der Waals surface area (Å²) in [6.45, 7) is 6.77. The van der Waals surface area contributed by atoms with Gasteiger partial charge in [-0.2, -0.15) is 0 Å². The molecule has 29 heavy (non-hydrogen) atoms. The minimum absolute atomic E-state index is 0.0477. The summed E-state index contributed by atoms with van der Waals surface area (Å²) < 4.78 is 38.3. The largest absolute Gasteiger partial charge is 0.454 e. The molecule has 1 amide bonds. The first-order chi connectivity index (χ1) is 13.8. The Morgan fingerprint density at radius 3 is 2.59 bits per heavy atom. The van der Waals surface area contributed by atoms with Crippen molar-refractivity contribution in [2.75, 3.05) is 19.9 Å². The molecule has 1 heterocycles. The third-order valence-corrected chi connectivity index (χ3v) is 6.42. The number of aryl methyl sites for hydroxylation is 2. The molecule has 0 saturated heterocycles. The van der Waals surface area contributed by atoms with Crippen LogP contribution in [0.5, 0.6) is 11.5 Å². The number of fused-ring (bicyclic) bond motifs is 1. The maximum Gasteiger partial charge on any atom is 0.240 e. The molecule has 0 radical (unpaired) electrons. The van der Waals surface area contributed by atoms with Gasteiger partial charge < -0.3 is 14.4 Å². The third kappa shape index (κ3) is 5.07. The van der Waals surface area contributed by atoms with E-state index in [4.69, 9.17) is 9.47 Å². The molecule has 2 aromatic rings. The van der Waals surface area contributed by atoms with E-state index in [9.17, 15) is 13.2 Å². The van der Waals surface area contributed by atoms with Crippen LogP contribution in [0.3, 0.4) is 0 Å². The molecule has 1 aliphatic rings. The second-order valence-electron chi connectivity index (χ2n) is 7.01. The highest BCUT2D eigenvalue weighted by atomic mass is 32.2. The molecule has 0 saturated carbocycles. The fraction of sp³-hybridized carbons (Fsp3) is 0.381. The number of ether oxygens (including phenoxy) is 2. The second-order valence-corrected chi connectivity index (χ2v) is 8.75. The molecule has 3 rings (SSSR count). The van der Waals surface area contributed by atoms with Crippen LogP contribution in [-0.2, 0) is 21.4 Å². The summed E-state index contributed by atoms with van der Waals surface area (Å²) in [6.07, 6.45) is 0.0858. The first kappa shape index (κ1) is 21.1. The van der Waals surface area contributed by atoms with Crippen LogP contribution in [0.1, 0.15) is 30.0 Å². The zero-order valence-electron chi connectivity index (χ0n) is 16.9. The molecule has 1 N–H and O–H groups in total. The van der Waals surface area contributed by atoms with Crippen LogP contribution in [0.2, 0.25) is 0 Å². The predicted octanol–water partition coefficient (Wildman–Crippen LogP) is 2.75. The Kier molecular flexibility index (Phi) is 6.44. The normalized spacial score (nSPS) is 12.8. The summed E-state index contributed by atoms with van der Waals surface area (Å²) >= 11 is 0. The molecule has 2 aromatic carbocycles. The van der Waals surface area contributed by atoms with E-state index in [2.05, 4.69) is 4.72 Å². The summed E-state index contributed by atoms with van der Waals surface area (Å²) in [5, 5.41) is 0. The van der Waals surface area contributed by atoms with Gasteiger partial charge in [-0.25, -0.2) is 13.1 Å². The summed E-state index contributed by atoms with van der Waals surface area (Å²) in [6, 6.07) is 10.8. The Morgan fingerprint density at radius 1 is 1.10 bits per heavy atom. The lowest BCUT2D eigenvalue weighted by Gasteiger charge is -2.21. The standard InChI is InChI=1S/C21H26N2O5S/c1-4-23(13-17-6-7-18-19(12-17)28-14-27-18)21(24)9-10-22-29(25,26)20-8-5-15(2)11-16(20)3/h5-8,11-12,22H,4,9-10,13-14H2,1-3H3. The number of carbonyl (C=O) groups excluding carboxylic acids is 1. The Balaban J connectivity index is 1.57. The second kappa shape index (κ2) is 8.84. The van der Waals surface area contributed by atoms with E-state index in [0.717, 1.165) is 11.1 Å². The highest BCUT2D eigenvalue weighted by Gasteiger charge is 2.19. The molecule has 8 heteroatoms. The lowest BCUT2D eigenvalue weighted by molar-refractivity contribution is -0.131. The van der Waals surface area contributed by atoms with Crippen molar-refractivity contribution in [3.05, 3.63) is 53.1 Å². The van der Waals surface area contributed by atoms with Gasteiger partial charge in [0.2, 0.25) is 22.7 Å². The summed E-state index contributed by atoms with van der Waals surface area (Å²) in [4.78, 5) is 14.5. The van der Waals surface area contributed by atoms with E-state index in [1.807, 2.05) is 38.1 Å². The summed E-state index contributed by atoms with van der Waals surface area (Å²) in [5.41, 5.74) is 2.61. The van der Waals surface area contributed by atoms with Crippen LogP contribution in [0.15, 0.2) is 41.3 Å². The highest BCUT2D eigenvalue weighted by molar-refractivity contribution is 7.89. The lowest BCUT2D eigenvalue weighted by atomic mass is 10.2. The van der Waals surface area contributed by atoms with E-state index >= 15 is 0 Å². The molecule has 7 nitrogen and oxygen atoms in total. The molecule has 0 bridgehead atoms. The molecule has 0 atom stereocenters. The lowest BCUT2D eigenvalue weighted by Crippen LogP contribution is -2.34. The van der Waals surface area contributed by atoms with Crippen molar-refractivity contribution in [1.29, 1.82) is 0 Å². The molecule has 0 unspecified atom stereocenters. The van der Waals surface area contributed by atoms with Crippen molar-refractivity contribution in [3.63, 3.8) is 0 Å². The number of benzene rings is 2. The average Bonchev–Trinajstić information content (AvgIpc) is 3.13. The number of carbonyl (C=O) groups is 1. The summed E-state index contributed by atoms with van der Waals surface area (Å²) in [5.74, 6) is 1.25. The molecule has 0 aliphatic carbocycles. The Hall–Kier alpha value is -2.58. The Labute approximate surface area is 171 Å². The van der Waals surface area contributed by atoms with E-state index in [0.29, 0.717) is 30.2 Å². The van der Waals surface area contributed by atoms with Gasteiger partial charge in [0, 0.05) is 26.1 Å². The van der Waals surface area contributed by atoms with Crippen LogP contribution in [-0.4, -0.2) is 39.1 Å². The van der Waals surface area contributed by atoms with E-state index in [1.54, 1.807) is 24.0 Å². The zero-order valence-corrected chi connectivity index (χ0v) is 17.7. The first-order valence-electron chi connectivity index (χ1n) is 9.53. The van der Waals surface area contributed by atoms with Gasteiger partial charge >= 0.3 is 0 Å². The van der Waals surface area contributed by atoms with Gasteiger partial charge in [-0.1, -0.05) is 23.8 Å². The predicted molar refractivity (Wildman–Crippen MR) is 109 cm³/mol. The van der Waals surface area contributed by atoms with Crippen molar-refractivity contribution in [1.82, 2.24) is 9.62 Å². The fourth-order valence-electron chi connectivity index (χ4n) is 3.27. The quantitative estimate of drug-likeness (QED) is 0.713. The maximum atomic E-state index is 12.6. The van der Waals surface area contributed by atoms with Crippen molar-refractivity contribution < 1.29 is 22.7 Å². The minimum Gasteiger partial charge on any atom is -0.454 e. The van der Waals surface area contributed by atoms with Crippen molar-refractivity contribution in [2.45, 2.75) is 38.6 Å². The number of hydrogen-bond donors (Lipinski definition) is 1. The van der Waals surface area contributed by atoms with Gasteiger partial charge in [-0.15, -0.1) is 0 Å². The molecule has 156 valence electrons. The molecule has 0 fully saturated rings. The van der Waals surface area contributed by atoms with Crippen LogP contribution in [0.25, 0.3) is 0 Å². The minimum atomic E-state index is -3.65. The van der Waals surface area contributed by atoms with E-state index in [1.165, 1.54) is 0 Å². The van der Waals surface area contributed by atoms with Crippen molar-refractivity contribution >= 4 is 15.9 Å². The van der Waals surface area contributed by atoms with Crippen molar-refractivity contribution in [2.24, 2.45) is 0 Å². The molecular formula is C21H26N2O5S.